The lowest BCUT2D eigenvalue weighted by Gasteiger charge is -2.13. The van der Waals surface area contributed by atoms with Crippen molar-refractivity contribution in [1.82, 2.24) is 0 Å². The summed E-state index contributed by atoms with van der Waals surface area (Å²) in [5.74, 6) is 0.391. The molecule has 1 aromatic heterocycles. The zero-order chi connectivity index (χ0) is 17.6. The molecular weight excluding hydrogens is 328 g/mol. The van der Waals surface area contributed by atoms with E-state index in [2.05, 4.69) is 43.3 Å². The van der Waals surface area contributed by atoms with E-state index >= 15 is 0 Å². The van der Waals surface area contributed by atoms with Crippen LogP contribution in [0.4, 0.5) is 0 Å². The van der Waals surface area contributed by atoms with Crippen molar-refractivity contribution in [2.75, 3.05) is 0 Å². The Hall–Kier alpha value is -2.65. The van der Waals surface area contributed by atoms with Gasteiger partial charge in [0.15, 0.2) is 0 Å². The van der Waals surface area contributed by atoms with Crippen molar-refractivity contribution in [1.29, 1.82) is 0 Å². The first kappa shape index (κ1) is 15.9. The smallest absolute Gasteiger partial charge is 0.308 e. The summed E-state index contributed by atoms with van der Waals surface area (Å²) in [6, 6.07) is 18.9. The molecule has 4 rings (SSSR count). The molecule has 0 radical (unpaired) electrons. The van der Waals surface area contributed by atoms with Crippen molar-refractivity contribution in [2.45, 2.75) is 20.8 Å². The van der Waals surface area contributed by atoms with Crippen LogP contribution in [0.2, 0.25) is 0 Å². The van der Waals surface area contributed by atoms with Crippen LogP contribution in [0.5, 0.6) is 5.75 Å². The maximum Gasteiger partial charge on any atom is 0.308 e. The minimum absolute atomic E-state index is 0.290. The van der Waals surface area contributed by atoms with Crippen LogP contribution in [0.15, 0.2) is 54.6 Å². The van der Waals surface area contributed by atoms with Gasteiger partial charge in [0.25, 0.3) is 0 Å². The minimum atomic E-state index is -0.290. The normalized spacial score (nSPS) is 11.2. The van der Waals surface area contributed by atoms with Gasteiger partial charge in [-0.05, 0) is 43.2 Å². The summed E-state index contributed by atoms with van der Waals surface area (Å²) in [6.07, 6.45) is 0. The highest BCUT2D eigenvalue weighted by Gasteiger charge is 2.18. The third-order valence-corrected chi connectivity index (χ3v) is 5.57. The van der Waals surface area contributed by atoms with Crippen LogP contribution in [0.25, 0.3) is 31.3 Å². The highest BCUT2D eigenvalue weighted by molar-refractivity contribution is 7.25. The first-order valence-electron chi connectivity index (χ1n) is 8.25. The third kappa shape index (κ3) is 2.71. The topological polar surface area (TPSA) is 26.3 Å². The number of ether oxygens (including phenoxy) is 1. The molecule has 0 bridgehead atoms. The van der Waals surface area contributed by atoms with Crippen molar-refractivity contribution >= 4 is 37.5 Å². The van der Waals surface area contributed by atoms with E-state index in [-0.39, 0.29) is 5.97 Å². The molecule has 0 N–H and O–H groups in total. The predicted molar refractivity (Wildman–Crippen MR) is 106 cm³/mol. The number of rotatable bonds is 2. The Kier molecular flexibility index (Phi) is 3.81. The molecule has 2 nitrogen and oxygen atoms in total. The van der Waals surface area contributed by atoms with Gasteiger partial charge in [-0.25, -0.2) is 0 Å². The Morgan fingerprint density at radius 3 is 2.44 bits per heavy atom. The number of esters is 1. The van der Waals surface area contributed by atoms with Crippen molar-refractivity contribution in [3.8, 4) is 16.9 Å². The molecule has 0 unspecified atom stereocenters. The molecule has 0 aliphatic heterocycles. The van der Waals surface area contributed by atoms with Crippen LogP contribution in [-0.2, 0) is 4.79 Å². The number of hydrogen-bond acceptors (Lipinski definition) is 3. The van der Waals surface area contributed by atoms with Crippen LogP contribution in [0, 0.1) is 13.8 Å². The molecule has 25 heavy (non-hydrogen) atoms. The second kappa shape index (κ2) is 6.01. The van der Waals surface area contributed by atoms with Gasteiger partial charge in [-0.15, -0.1) is 11.3 Å². The summed E-state index contributed by atoms with van der Waals surface area (Å²) in [7, 11) is 0. The highest BCUT2D eigenvalue weighted by Crippen LogP contribution is 2.45. The van der Waals surface area contributed by atoms with Crippen molar-refractivity contribution in [3.05, 3.63) is 65.7 Å². The van der Waals surface area contributed by atoms with Gasteiger partial charge in [0.2, 0.25) is 0 Å². The van der Waals surface area contributed by atoms with Gasteiger partial charge in [0.1, 0.15) is 5.75 Å². The molecule has 3 aromatic carbocycles. The van der Waals surface area contributed by atoms with Crippen LogP contribution in [-0.4, -0.2) is 5.97 Å². The standard InChI is InChI=1S/C22H18O2S/c1-13-9-10-19-18(11-13)21-20(25-19)12-17(16-7-5-4-6-8-16)14(2)22(21)24-15(3)23/h4-12H,1-3H3. The zero-order valence-electron chi connectivity index (χ0n) is 14.4. The van der Waals surface area contributed by atoms with Gasteiger partial charge in [-0.2, -0.15) is 0 Å². The fraction of sp³-hybridized carbons (Fsp3) is 0.136. The van der Waals surface area contributed by atoms with Crippen LogP contribution < -0.4 is 4.74 Å². The first-order chi connectivity index (χ1) is 12.0. The number of benzene rings is 3. The minimum Gasteiger partial charge on any atom is -0.426 e. The Labute approximate surface area is 150 Å². The van der Waals surface area contributed by atoms with Crippen LogP contribution in [0.3, 0.4) is 0 Å². The van der Waals surface area contributed by atoms with E-state index in [0.717, 1.165) is 32.2 Å². The largest absolute Gasteiger partial charge is 0.426 e. The molecule has 3 heteroatoms. The number of carbonyl (C=O) groups is 1. The lowest BCUT2D eigenvalue weighted by atomic mass is 9.97. The predicted octanol–water partition coefficient (Wildman–Crippen LogP) is 6.26. The van der Waals surface area contributed by atoms with E-state index in [9.17, 15) is 4.79 Å². The number of thiophene rings is 1. The Bertz CT molecular complexity index is 1110. The molecule has 124 valence electrons. The van der Waals surface area contributed by atoms with Crippen LogP contribution >= 0.6 is 11.3 Å². The third-order valence-electron chi connectivity index (χ3n) is 4.45. The average Bonchev–Trinajstić information content (AvgIpc) is 2.95. The summed E-state index contributed by atoms with van der Waals surface area (Å²) in [5, 5.41) is 2.19. The molecule has 4 aromatic rings. The fourth-order valence-electron chi connectivity index (χ4n) is 3.30. The second-order valence-corrected chi connectivity index (χ2v) is 7.40. The fourth-order valence-corrected chi connectivity index (χ4v) is 4.43. The van der Waals surface area contributed by atoms with Gasteiger partial charge in [0, 0.05) is 32.7 Å². The monoisotopic (exact) mass is 346 g/mol. The van der Waals surface area contributed by atoms with Gasteiger partial charge in [-0.1, -0.05) is 42.0 Å². The lowest BCUT2D eigenvalue weighted by Crippen LogP contribution is -2.04. The summed E-state index contributed by atoms with van der Waals surface area (Å²) in [5.41, 5.74) is 4.43. The average molecular weight is 346 g/mol. The van der Waals surface area contributed by atoms with E-state index in [1.54, 1.807) is 11.3 Å². The van der Waals surface area contributed by atoms with E-state index < -0.39 is 0 Å². The maximum atomic E-state index is 11.8. The number of aryl methyl sites for hydroxylation is 1. The quantitative estimate of drug-likeness (QED) is 0.316. The van der Waals surface area contributed by atoms with Gasteiger partial charge in [0.05, 0.1) is 0 Å². The molecule has 0 saturated carbocycles. The Morgan fingerprint density at radius 1 is 0.960 bits per heavy atom. The first-order valence-corrected chi connectivity index (χ1v) is 9.06. The SMILES string of the molecule is CC(=O)Oc1c(C)c(-c2ccccc2)cc2sc3ccc(C)cc3c12. The van der Waals surface area contributed by atoms with Gasteiger partial charge < -0.3 is 4.74 Å². The maximum absolute atomic E-state index is 11.8. The van der Waals surface area contributed by atoms with Gasteiger partial charge >= 0.3 is 5.97 Å². The van der Waals surface area contributed by atoms with E-state index in [0.29, 0.717) is 5.75 Å². The molecule has 0 saturated heterocycles. The molecule has 0 spiro atoms. The van der Waals surface area contributed by atoms with E-state index in [4.69, 9.17) is 4.74 Å². The zero-order valence-corrected chi connectivity index (χ0v) is 15.2. The van der Waals surface area contributed by atoms with Crippen LogP contribution in [0.1, 0.15) is 18.1 Å². The molecule has 0 aliphatic carbocycles. The summed E-state index contributed by atoms with van der Waals surface area (Å²) in [4.78, 5) is 11.8. The summed E-state index contributed by atoms with van der Waals surface area (Å²) in [6.45, 7) is 5.57. The van der Waals surface area contributed by atoms with E-state index in [1.807, 2.05) is 25.1 Å². The summed E-state index contributed by atoms with van der Waals surface area (Å²) >= 11 is 1.74. The molecule has 0 atom stereocenters. The Balaban J connectivity index is 2.12. The number of carbonyl (C=O) groups excluding carboxylic acids is 1. The molecule has 1 heterocycles. The lowest BCUT2D eigenvalue weighted by molar-refractivity contribution is -0.131. The van der Waals surface area contributed by atoms with Crippen molar-refractivity contribution < 1.29 is 9.53 Å². The molecule has 0 aliphatic rings. The second-order valence-electron chi connectivity index (χ2n) is 6.31. The number of fused-ring (bicyclic) bond motifs is 3. The van der Waals surface area contributed by atoms with E-state index in [1.165, 1.54) is 17.2 Å². The van der Waals surface area contributed by atoms with Crippen molar-refractivity contribution in [2.24, 2.45) is 0 Å². The summed E-state index contributed by atoms with van der Waals surface area (Å²) < 4.78 is 8.04. The molecule has 0 fully saturated rings. The van der Waals surface area contributed by atoms with Gasteiger partial charge in [-0.3, -0.25) is 4.79 Å². The number of hydrogen-bond donors (Lipinski definition) is 0. The molecule has 0 amide bonds. The highest BCUT2D eigenvalue weighted by atomic mass is 32.1. The Morgan fingerprint density at radius 2 is 1.72 bits per heavy atom. The molecular formula is C22H18O2S. The van der Waals surface area contributed by atoms with Crippen molar-refractivity contribution in [3.63, 3.8) is 0 Å².